The predicted molar refractivity (Wildman–Crippen MR) is 84.6 cm³/mol. The normalized spacial score (nSPS) is 21.7. The van der Waals surface area contributed by atoms with Crippen molar-refractivity contribution < 1.29 is 0 Å². The number of rotatable bonds is 6. The summed E-state index contributed by atoms with van der Waals surface area (Å²) in [6.07, 6.45) is 6.12. The van der Waals surface area contributed by atoms with E-state index in [1.54, 1.807) is 11.8 Å². The Labute approximate surface area is 121 Å². The second kappa shape index (κ2) is 7.32. The average Bonchev–Trinajstić information content (AvgIpc) is 2.89. The highest BCUT2D eigenvalue weighted by atomic mass is 32.2. The zero-order chi connectivity index (χ0) is 13.7. The first-order valence-corrected chi connectivity index (χ1v) is 8.59. The van der Waals surface area contributed by atoms with E-state index in [9.17, 15) is 0 Å². The van der Waals surface area contributed by atoms with E-state index in [2.05, 4.69) is 42.3 Å². The topological polar surface area (TPSA) is 29.3 Å². The molecule has 0 bridgehead atoms. The Morgan fingerprint density at radius 2 is 2.11 bits per heavy atom. The summed E-state index contributed by atoms with van der Waals surface area (Å²) in [5.41, 5.74) is 7.40. The summed E-state index contributed by atoms with van der Waals surface area (Å²) in [4.78, 5) is 3.90. The molecule has 0 saturated carbocycles. The number of nitrogens with zero attached hydrogens (tertiary/aromatic N) is 1. The van der Waals surface area contributed by atoms with Crippen LogP contribution in [0.2, 0.25) is 0 Å². The van der Waals surface area contributed by atoms with Crippen LogP contribution in [0.5, 0.6) is 0 Å². The second-order valence-electron chi connectivity index (χ2n) is 5.46. The van der Waals surface area contributed by atoms with E-state index in [4.69, 9.17) is 5.73 Å². The zero-order valence-corrected chi connectivity index (χ0v) is 13.0. The SMILES string of the molecule is CCCC1CCN(C(CN)c2ccc(SC)cc2)C1. The van der Waals surface area contributed by atoms with Crippen LogP contribution in [0, 0.1) is 5.92 Å². The van der Waals surface area contributed by atoms with Gasteiger partial charge in [-0.1, -0.05) is 25.5 Å². The minimum absolute atomic E-state index is 0.401. The van der Waals surface area contributed by atoms with Crippen molar-refractivity contribution in [2.45, 2.75) is 37.1 Å². The van der Waals surface area contributed by atoms with Gasteiger partial charge >= 0.3 is 0 Å². The lowest BCUT2D eigenvalue weighted by Gasteiger charge is -2.27. The van der Waals surface area contributed by atoms with Crippen molar-refractivity contribution >= 4 is 11.8 Å². The summed E-state index contributed by atoms with van der Waals surface area (Å²) >= 11 is 1.79. The summed E-state index contributed by atoms with van der Waals surface area (Å²) in [5.74, 6) is 0.879. The predicted octanol–water partition coefficient (Wildman–Crippen LogP) is 3.53. The van der Waals surface area contributed by atoms with Crippen molar-refractivity contribution in [1.82, 2.24) is 4.90 Å². The molecule has 2 atom stereocenters. The van der Waals surface area contributed by atoms with Crippen LogP contribution in [-0.4, -0.2) is 30.8 Å². The molecule has 2 rings (SSSR count). The molecule has 2 unspecified atom stereocenters. The first-order chi connectivity index (χ1) is 9.28. The largest absolute Gasteiger partial charge is 0.329 e. The Hall–Kier alpha value is -0.510. The molecule has 1 aliphatic rings. The summed E-state index contributed by atoms with van der Waals surface area (Å²) in [6, 6.07) is 9.31. The fourth-order valence-electron chi connectivity index (χ4n) is 3.11. The number of hydrogen-bond acceptors (Lipinski definition) is 3. The van der Waals surface area contributed by atoms with Gasteiger partial charge in [0.1, 0.15) is 0 Å². The zero-order valence-electron chi connectivity index (χ0n) is 12.1. The smallest absolute Gasteiger partial charge is 0.0470 e. The number of benzene rings is 1. The van der Waals surface area contributed by atoms with Gasteiger partial charge in [0.2, 0.25) is 0 Å². The lowest BCUT2D eigenvalue weighted by molar-refractivity contribution is 0.239. The van der Waals surface area contributed by atoms with E-state index in [1.165, 1.54) is 42.8 Å². The lowest BCUT2D eigenvalue weighted by Crippen LogP contribution is -2.32. The molecule has 1 aromatic carbocycles. The molecule has 0 amide bonds. The van der Waals surface area contributed by atoms with E-state index < -0.39 is 0 Å². The van der Waals surface area contributed by atoms with E-state index >= 15 is 0 Å². The van der Waals surface area contributed by atoms with Crippen LogP contribution in [0.15, 0.2) is 29.2 Å². The van der Waals surface area contributed by atoms with Crippen molar-refractivity contribution in [3.63, 3.8) is 0 Å². The molecule has 2 N–H and O–H groups in total. The fourth-order valence-corrected chi connectivity index (χ4v) is 3.52. The van der Waals surface area contributed by atoms with Gasteiger partial charge in [-0.05, 0) is 49.3 Å². The lowest BCUT2D eigenvalue weighted by atomic mass is 10.0. The molecule has 2 nitrogen and oxygen atoms in total. The molecule has 1 aliphatic heterocycles. The fraction of sp³-hybridized carbons (Fsp3) is 0.625. The van der Waals surface area contributed by atoms with Gasteiger partial charge in [-0.25, -0.2) is 0 Å². The number of hydrogen-bond donors (Lipinski definition) is 1. The quantitative estimate of drug-likeness (QED) is 0.807. The van der Waals surface area contributed by atoms with Gasteiger partial charge in [-0.15, -0.1) is 11.8 Å². The van der Waals surface area contributed by atoms with Crippen LogP contribution < -0.4 is 5.73 Å². The van der Waals surface area contributed by atoms with Crippen LogP contribution in [-0.2, 0) is 0 Å². The first-order valence-electron chi connectivity index (χ1n) is 7.36. The standard InChI is InChI=1S/C16H26N2S/c1-3-4-13-9-10-18(12-13)16(11-17)14-5-7-15(19-2)8-6-14/h5-8,13,16H,3-4,9-12,17H2,1-2H3. The highest BCUT2D eigenvalue weighted by Gasteiger charge is 2.27. The van der Waals surface area contributed by atoms with Gasteiger partial charge in [0, 0.05) is 24.0 Å². The van der Waals surface area contributed by atoms with Crippen LogP contribution in [0.4, 0.5) is 0 Å². The Kier molecular flexibility index (Phi) is 5.74. The molecule has 1 aromatic rings. The Bertz CT molecular complexity index is 377. The molecule has 106 valence electrons. The average molecular weight is 278 g/mol. The third-order valence-electron chi connectivity index (χ3n) is 4.18. The molecule has 3 heteroatoms. The van der Waals surface area contributed by atoms with Crippen LogP contribution >= 0.6 is 11.8 Å². The number of likely N-dealkylation sites (tertiary alicyclic amines) is 1. The van der Waals surface area contributed by atoms with Crippen molar-refractivity contribution in [3.05, 3.63) is 29.8 Å². The maximum Gasteiger partial charge on any atom is 0.0470 e. The van der Waals surface area contributed by atoms with E-state index in [-0.39, 0.29) is 0 Å². The van der Waals surface area contributed by atoms with E-state index in [0.29, 0.717) is 6.04 Å². The van der Waals surface area contributed by atoms with Gasteiger partial charge in [0.25, 0.3) is 0 Å². The Morgan fingerprint density at radius 1 is 1.37 bits per heavy atom. The van der Waals surface area contributed by atoms with Gasteiger partial charge in [0.15, 0.2) is 0 Å². The molecule has 1 heterocycles. The number of thioether (sulfide) groups is 1. The molecule has 1 saturated heterocycles. The third-order valence-corrected chi connectivity index (χ3v) is 4.92. The monoisotopic (exact) mass is 278 g/mol. The Balaban J connectivity index is 2.03. The maximum absolute atomic E-state index is 6.03. The van der Waals surface area contributed by atoms with Crippen molar-refractivity contribution in [1.29, 1.82) is 0 Å². The number of nitrogens with two attached hydrogens (primary N) is 1. The van der Waals surface area contributed by atoms with Crippen molar-refractivity contribution in [2.24, 2.45) is 11.7 Å². The molecule has 1 fully saturated rings. The molecular weight excluding hydrogens is 252 g/mol. The van der Waals surface area contributed by atoms with Gasteiger partial charge in [0.05, 0.1) is 0 Å². The molecular formula is C16H26N2S. The third kappa shape index (κ3) is 3.74. The summed E-state index contributed by atoms with van der Waals surface area (Å²) in [5, 5.41) is 0. The maximum atomic E-state index is 6.03. The van der Waals surface area contributed by atoms with Gasteiger partial charge < -0.3 is 5.73 Å². The van der Waals surface area contributed by atoms with E-state index in [1.807, 2.05) is 0 Å². The molecule has 0 spiro atoms. The molecule has 19 heavy (non-hydrogen) atoms. The minimum atomic E-state index is 0.401. The van der Waals surface area contributed by atoms with Gasteiger partial charge in [-0.3, -0.25) is 4.90 Å². The molecule has 0 aliphatic carbocycles. The summed E-state index contributed by atoms with van der Waals surface area (Å²) in [7, 11) is 0. The highest BCUT2D eigenvalue weighted by molar-refractivity contribution is 7.98. The molecule has 0 aromatic heterocycles. The Morgan fingerprint density at radius 3 is 2.68 bits per heavy atom. The van der Waals surface area contributed by atoms with Crippen LogP contribution in [0.1, 0.15) is 37.8 Å². The highest BCUT2D eigenvalue weighted by Crippen LogP contribution is 2.30. The van der Waals surface area contributed by atoms with E-state index in [0.717, 1.165) is 12.5 Å². The minimum Gasteiger partial charge on any atom is -0.329 e. The van der Waals surface area contributed by atoms with Crippen molar-refractivity contribution in [2.75, 3.05) is 25.9 Å². The summed E-state index contributed by atoms with van der Waals surface area (Å²) < 4.78 is 0. The molecule has 0 radical (unpaired) electrons. The summed E-state index contributed by atoms with van der Waals surface area (Å²) in [6.45, 7) is 5.43. The van der Waals surface area contributed by atoms with Gasteiger partial charge in [-0.2, -0.15) is 0 Å². The van der Waals surface area contributed by atoms with Crippen LogP contribution in [0.3, 0.4) is 0 Å². The second-order valence-corrected chi connectivity index (χ2v) is 6.34. The van der Waals surface area contributed by atoms with Crippen molar-refractivity contribution in [3.8, 4) is 0 Å². The van der Waals surface area contributed by atoms with Crippen LogP contribution in [0.25, 0.3) is 0 Å². The first kappa shape index (κ1) is 14.9.